The number of hydrogen-bond acceptors (Lipinski definition) is 3. The van der Waals surface area contributed by atoms with Crippen LogP contribution < -0.4 is 5.73 Å². The smallest absolute Gasteiger partial charge is 0.0541 e. The van der Waals surface area contributed by atoms with E-state index in [2.05, 4.69) is 11.9 Å². The lowest BCUT2D eigenvalue weighted by Gasteiger charge is -2.47. The molecule has 0 amide bonds. The van der Waals surface area contributed by atoms with Gasteiger partial charge in [-0.3, -0.25) is 0 Å². The first-order chi connectivity index (χ1) is 7.12. The summed E-state index contributed by atoms with van der Waals surface area (Å²) in [5.74, 6) is 0. The molecular formula is C12H24N2O. The highest BCUT2D eigenvalue weighted by atomic mass is 16.3. The van der Waals surface area contributed by atoms with Crippen LogP contribution in [0.15, 0.2) is 0 Å². The summed E-state index contributed by atoms with van der Waals surface area (Å²) in [6, 6.07) is 0.541. The number of likely N-dealkylation sites (tertiary alicyclic amines) is 1. The number of likely N-dealkylation sites (N-methyl/N-ethyl adjacent to an activating group) is 1. The summed E-state index contributed by atoms with van der Waals surface area (Å²) < 4.78 is 0. The van der Waals surface area contributed by atoms with Crippen LogP contribution in [0.5, 0.6) is 0 Å². The van der Waals surface area contributed by atoms with Gasteiger partial charge in [0, 0.05) is 11.6 Å². The summed E-state index contributed by atoms with van der Waals surface area (Å²) in [4.78, 5) is 2.43. The number of hydrogen-bond donors (Lipinski definition) is 2. The second-order valence-electron chi connectivity index (χ2n) is 5.46. The lowest BCUT2D eigenvalue weighted by Crippen LogP contribution is -2.60. The van der Waals surface area contributed by atoms with Crippen LogP contribution in [0, 0.1) is 0 Å². The molecule has 0 bridgehead atoms. The van der Waals surface area contributed by atoms with Crippen molar-refractivity contribution in [2.45, 2.75) is 62.6 Å². The Labute approximate surface area is 92.6 Å². The first-order valence-corrected chi connectivity index (χ1v) is 6.29. The molecule has 3 nitrogen and oxygen atoms in total. The van der Waals surface area contributed by atoms with E-state index in [1.54, 1.807) is 0 Å². The third-order valence-corrected chi connectivity index (χ3v) is 4.32. The standard InChI is InChI=1S/C12H24N2O/c1-14-9-3-2-4-11(14)12(13)7-5-10(15)6-8-12/h10-11,15H,2-9,13H2,1H3. The van der Waals surface area contributed by atoms with Gasteiger partial charge in [-0.1, -0.05) is 6.42 Å². The highest BCUT2D eigenvalue weighted by Crippen LogP contribution is 2.34. The third kappa shape index (κ3) is 2.35. The second-order valence-corrected chi connectivity index (χ2v) is 5.46. The van der Waals surface area contributed by atoms with Gasteiger partial charge >= 0.3 is 0 Å². The Bertz CT molecular complexity index is 212. The van der Waals surface area contributed by atoms with E-state index in [1.165, 1.54) is 25.8 Å². The zero-order valence-corrected chi connectivity index (χ0v) is 9.78. The predicted molar refractivity (Wildman–Crippen MR) is 61.7 cm³/mol. The molecular weight excluding hydrogens is 188 g/mol. The van der Waals surface area contributed by atoms with Gasteiger partial charge in [0.1, 0.15) is 0 Å². The van der Waals surface area contributed by atoms with Crippen molar-refractivity contribution >= 4 is 0 Å². The number of piperidine rings is 1. The fourth-order valence-corrected chi connectivity index (χ4v) is 3.27. The molecule has 2 rings (SSSR count). The van der Waals surface area contributed by atoms with Gasteiger partial charge in [-0.25, -0.2) is 0 Å². The van der Waals surface area contributed by atoms with Crippen molar-refractivity contribution in [1.29, 1.82) is 0 Å². The van der Waals surface area contributed by atoms with Gasteiger partial charge in [0.2, 0.25) is 0 Å². The van der Waals surface area contributed by atoms with Crippen LogP contribution in [0.4, 0.5) is 0 Å². The number of nitrogens with two attached hydrogens (primary N) is 1. The molecule has 3 heteroatoms. The fourth-order valence-electron chi connectivity index (χ4n) is 3.27. The first-order valence-electron chi connectivity index (χ1n) is 6.29. The second kappa shape index (κ2) is 4.40. The van der Waals surface area contributed by atoms with Crippen LogP contribution in [-0.2, 0) is 0 Å². The number of aliphatic hydroxyl groups excluding tert-OH is 1. The molecule has 1 atom stereocenters. The maximum atomic E-state index is 9.54. The van der Waals surface area contributed by atoms with Gasteiger partial charge in [-0.15, -0.1) is 0 Å². The summed E-state index contributed by atoms with van der Waals surface area (Å²) in [5.41, 5.74) is 6.50. The molecule has 0 radical (unpaired) electrons. The molecule has 1 saturated carbocycles. The molecule has 1 aliphatic heterocycles. The maximum Gasteiger partial charge on any atom is 0.0541 e. The molecule has 1 saturated heterocycles. The fraction of sp³-hybridized carbons (Fsp3) is 1.00. The highest BCUT2D eigenvalue weighted by molar-refractivity contribution is 5.00. The molecule has 0 aromatic rings. The minimum absolute atomic E-state index is 0.0333. The van der Waals surface area contributed by atoms with Gasteiger partial charge in [0.25, 0.3) is 0 Å². The first kappa shape index (κ1) is 11.4. The van der Waals surface area contributed by atoms with Crippen LogP contribution in [0.3, 0.4) is 0 Å². The van der Waals surface area contributed by atoms with Crippen molar-refractivity contribution in [3.05, 3.63) is 0 Å². The van der Waals surface area contributed by atoms with E-state index in [0.29, 0.717) is 6.04 Å². The molecule has 2 fully saturated rings. The summed E-state index contributed by atoms with van der Waals surface area (Å²) in [7, 11) is 2.20. The summed E-state index contributed by atoms with van der Waals surface area (Å²) in [6.45, 7) is 1.19. The van der Waals surface area contributed by atoms with Gasteiger partial charge in [0.15, 0.2) is 0 Å². The van der Waals surface area contributed by atoms with E-state index < -0.39 is 0 Å². The van der Waals surface area contributed by atoms with Crippen molar-refractivity contribution in [2.75, 3.05) is 13.6 Å². The minimum Gasteiger partial charge on any atom is -0.393 e. The number of nitrogens with zero attached hydrogens (tertiary/aromatic N) is 1. The van der Waals surface area contributed by atoms with Crippen molar-refractivity contribution in [1.82, 2.24) is 4.90 Å². The lowest BCUT2D eigenvalue weighted by molar-refractivity contribution is 0.0381. The average Bonchev–Trinajstić information content (AvgIpc) is 2.23. The van der Waals surface area contributed by atoms with Crippen LogP contribution >= 0.6 is 0 Å². The van der Waals surface area contributed by atoms with E-state index in [9.17, 15) is 5.11 Å². The van der Waals surface area contributed by atoms with E-state index in [0.717, 1.165) is 25.7 Å². The molecule has 15 heavy (non-hydrogen) atoms. The van der Waals surface area contributed by atoms with Crippen LogP contribution in [0.2, 0.25) is 0 Å². The minimum atomic E-state index is -0.101. The normalized spacial score (nSPS) is 44.2. The monoisotopic (exact) mass is 212 g/mol. The van der Waals surface area contributed by atoms with E-state index >= 15 is 0 Å². The molecule has 1 heterocycles. The zero-order chi connectivity index (χ0) is 10.9. The molecule has 88 valence electrons. The van der Waals surface area contributed by atoms with Crippen molar-refractivity contribution < 1.29 is 5.11 Å². The van der Waals surface area contributed by atoms with Crippen molar-refractivity contribution in [3.63, 3.8) is 0 Å². The van der Waals surface area contributed by atoms with Gasteiger partial charge in [-0.05, 0) is 52.1 Å². The van der Waals surface area contributed by atoms with Crippen LogP contribution in [-0.4, -0.2) is 41.3 Å². The number of aliphatic hydroxyl groups is 1. The molecule has 1 aliphatic carbocycles. The van der Waals surface area contributed by atoms with Crippen molar-refractivity contribution in [2.24, 2.45) is 5.73 Å². The molecule has 0 spiro atoms. The van der Waals surface area contributed by atoms with E-state index in [4.69, 9.17) is 5.73 Å². The Hall–Kier alpha value is -0.120. The summed E-state index contributed by atoms with van der Waals surface area (Å²) in [6.07, 6.45) is 7.52. The molecule has 0 aromatic carbocycles. The lowest BCUT2D eigenvalue weighted by atomic mass is 9.73. The maximum absolute atomic E-state index is 9.54. The third-order valence-electron chi connectivity index (χ3n) is 4.32. The largest absolute Gasteiger partial charge is 0.393 e. The zero-order valence-electron chi connectivity index (χ0n) is 9.78. The Kier molecular flexibility index (Phi) is 3.33. The highest BCUT2D eigenvalue weighted by Gasteiger charge is 2.40. The van der Waals surface area contributed by atoms with E-state index in [-0.39, 0.29) is 11.6 Å². The Morgan fingerprint density at radius 2 is 1.87 bits per heavy atom. The topological polar surface area (TPSA) is 49.5 Å². The number of rotatable bonds is 1. The molecule has 3 N–H and O–H groups in total. The Balaban J connectivity index is 2.00. The Morgan fingerprint density at radius 1 is 1.20 bits per heavy atom. The Morgan fingerprint density at radius 3 is 2.47 bits per heavy atom. The SMILES string of the molecule is CN1CCCCC1C1(N)CCC(O)CC1. The van der Waals surface area contributed by atoms with Gasteiger partial charge in [-0.2, -0.15) is 0 Å². The van der Waals surface area contributed by atoms with E-state index in [1.807, 2.05) is 0 Å². The molecule has 1 unspecified atom stereocenters. The molecule has 2 aliphatic rings. The van der Waals surface area contributed by atoms with Crippen molar-refractivity contribution in [3.8, 4) is 0 Å². The summed E-state index contributed by atoms with van der Waals surface area (Å²) in [5, 5.41) is 9.54. The van der Waals surface area contributed by atoms with Crippen LogP contribution in [0.25, 0.3) is 0 Å². The average molecular weight is 212 g/mol. The summed E-state index contributed by atoms with van der Waals surface area (Å²) >= 11 is 0. The van der Waals surface area contributed by atoms with Gasteiger partial charge in [0.05, 0.1) is 6.10 Å². The quantitative estimate of drug-likeness (QED) is 0.684. The molecule has 0 aromatic heterocycles. The predicted octanol–water partition coefficient (Wildman–Crippen LogP) is 1.10. The van der Waals surface area contributed by atoms with Crippen LogP contribution in [0.1, 0.15) is 44.9 Å². The van der Waals surface area contributed by atoms with Gasteiger partial charge < -0.3 is 15.7 Å².